The topological polar surface area (TPSA) is 103 Å². The molecule has 1 aliphatic rings. The van der Waals surface area contributed by atoms with E-state index >= 15 is 0 Å². The minimum atomic E-state index is -1.06. The van der Waals surface area contributed by atoms with E-state index < -0.39 is 23.8 Å². The summed E-state index contributed by atoms with van der Waals surface area (Å²) in [5.74, 6) is -1.55. The Balaban J connectivity index is 1.49. The fraction of sp³-hybridized carbons (Fsp3) is 0.261. The zero-order chi connectivity index (χ0) is 22.1. The molecule has 2 aromatic carbocycles. The summed E-state index contributed by atoms with van der Waals surface area (Å²) >= 11 is 0. The second-order valence-corrected chi connectivity index (χ2v) is 7.65. The molecular formula is C23H21N3O5. The molecular weight excluding hydrogens is 398 g/mol. The van der Waals surface area contributed by atoms with Crippen LogP contribution in [0.1, 0.15) is 46.0 Å². The van der Waals surface area contributed by atoms with Gasteiger partial charge in [0.25, 0.3) is 17.7 Å². The van der Waals surface area contributed by atoms with Crippen LogP contribution < -0.4 is 0 Å². The van der Waals surface area contributed by atoms with Gasteiger partial charge in [0, 0.05) is 5.56 Å². The largest absolute Gasteiger partial charge is 0.454 e. The molecule has 0 bridgehead atoms. The highest BCUT2D eigenvalue weighted by Gasteiger charge is 2.44. The van der Waals surface area contributed by atoms with Crippen molar-refractivity contribution >= 4 is 17.8 Å². The molecule has 4 rings (SSSR count). The van der Waals surface area contributed by atoms with E-state index in [0.717, 1.165) is 16.0 Å². The average molecular weight is 419 g/mol. The van der Waals surface area contributed by atoms with Crippen LogP contribution in [0.5, 0.6) is 0 Å². The molecule has 2 heterocycles. The number of fused-ring (bicyclic) bond motifs is 1. The fourth-order valence-electron chi connectivity index (χ4n) is 3.60. The van der Waals surface area contributed by atoms with Crippen molar-refractivity contribution in [1.29, 1.82) is 0 Å². The lowest BCUT2D eigenvalue weighted by atomic mass is 10.0. The summed E-state index contributed by atoms with van der Waals surface area (Å²) in [6.07, 6.45) is 0. The number of hydrogen-bond acceptors (Lipinski definition) is 7. The number of rotatable bonds is 6. The highest BCUT2D eigenvalue weighted by Crippen LogP contribution is 2.28. The summed E-state index contributed by atoms with van der Waals surface area (Å²) in [4.78, 5) is 43.7. The Morgan fingerprint density at radius 3 is 2.16 bits per heavy atom. The summed E-state index contributed by atoms with van der Waals surface area (Å²) in [6.45, 7) is 5.17. The lowest BCUT2D eigenvalue weighted by Gasteiger charge is -2.27. The van der Waals surface area contributed by atoms with Gasteiger partial charge in [0.1, 0.15) is 6.04 Å². The van der Waals surface area contributed by atoms with Crippen LogP contribution in [-0.4, -0.2) is 38.9 Å². The van der Waals surface area contributed by atoms with E-state index in [1.165, 1.54) is 0 Å². The lowest BCUT2D eigenvalue weighted by Crippen LogP contribution is -2.48. The van der Waals surface area contributed by atoms with Crippen molar-refractivity contribution in [1.82, 2.24) is 15.0 Å². The van der Waals surface area contributed by atoms with Gasteiger partial charge in [-0.05, 0) is 30.5 Å². The van der Waals surface area contributed by atoms with E-state index in [4.69, 9.17) is 9.26 Å². The monoisotopic (exact) mass is 419 g/mol. The Morgan fingerprint density at radius 2 is 1.58 bits per heavy atom. The maximum absolute atomic E-state index is 12.9. The van der Waals surface area contributed by atoms with Crippen LogP contribution in [0.3, 0.4) is 0 Å². The molecule has 0 saturated carbocycles. The molecule has 0 fully saturated rings. The quantitative estimate of drug-likeness (QED) is 0.446. The smallest absolute Gasteiger partial charge is 0.330 e. The standard InChI is InChI=1S/C23H21N3O5/c1-13(2)19(26-21(27)16-10-6-7-11-17(16)22(26)28)23(29)30-12-18-24-20(25-31-18)15-9-5-4-8-14(15)3/h4-11,13,19H,12H2,1-3H3. The Kier molecular flexibility index (Phi) is 5.37. The van der Waals surface area contributed by atoms with E-state index in [9.17, 15) is 14.4 Å². The number of imide groups is 1. The molecule has 1 aliphatic heterocycles. The summed E-state index contributed by atoms with van der Waals surface area (Å²) < 4.78 is 10.6. The first kappa shape index (κ1) is 20.5. The van der Waals surface area contributed by atoms with Crippen LogP contribution in [0.4, 0.5) is 0 Å². The third kappa shape index (κ3) is 3.72. The van der Waals surface area contributed by atoms with Gasteiger partial charge in [0.2, 0.25) is 5.82 Å². The first-order valence-corrected chi connectivity index (χ1v) is 9.90. The summed E-state index contributed by atoms with van der Waals surface area (Å²) in [5.41, 5.74) is 2.36. The molecule has 0 saturated heterocycles. The van der Waals surface area contributed by atoms with Crippen molar-refractivity contribution in [3.63, 3.8) is 0 Å². The van der Waals surface area contributed by atoms with Crippen molar-refractivity contribution < 1.29 is 23.6 Å². The van der Waals surface area contributed by atoms with Gasteiger partial charge in [-0.3, -0.25) is 14.5 Å². The van der Waals surface area contributed by atoms with Crippen molar-refractivity contribution in [2.75, 3.05) is 0 Å². The van der Waals surface area contributed by atoms with Crippen molar-refractivity contribution in [2.45, 2.75) is 33.4 Å². The molecule has 1 aromatic heterocycles. The Hall–Kier alpha value is -3.81. The zero-order valence-electron chi connectivity index (χ0n) is 17.4. The van der Waals surface area contributed by atoms with E-state index in [1.54, 1.807) is 38.1 Å². The molecule has 3 aromatic rings. The molecule has 2 amide bonds. The van der Waals surface area contributed by atoms with Crippen LogP contribution in [0.2, 0.25) is 0 Å². The van der Waals surface area contributed by atoms with Gasteiger partial charge in [-0.15, -0.1) is 0 Å². The van der Waals surface area contributed by atoms with Crippen molar-refractivity contribution in [2.24, 2.45) is 5.92 Å². The van der Waals surface area contributed by atoms with E-state index in [-0.39, 0.29) is 29.5 Å². The second-order valence-electron chi connectivity index (χ2n) is 7.65. The number of ether oxygens (including phenoxy) is 1. The number of esters is 1. The molecule has 0 aliphatic carbocycles. The molecule has 0 N–H and O–H groups in total. The van der Waals surface area contributed by atoms with Crippen LogP contribution in [0.25, 0.3) is 11.4 Å². The second kappa shape index (κ2) is 8.14. The van der Waals surface area contributed by atoms with Crippen molar-refractivity contribution in [3.8, 4) is 11.4 Å². The number of aromatic nitrogens is 2. The van der Waals surface area contributed by atoms with Crippen molar-refractivity contribution in [3.05, 3.63) is 71.1 Å². The number of nitrogens with zero attached hydrogens (tertiary/aromatic N) is 3. The zero-order valence-corrected chi connectivity index (χ0v) is 17.4. The highest BCUT2D eigenvalue weighted by atomic mass is 16.6. The molecule has 1 unspecified atom stereocenters. The van der Waals surface area contributed by atoms with Crippen LogP contribution in [0, 0.1) is 12.8 Å². The predicted octanol–water partition coefficient (Wildman–Crippen LogP) is 3.41. The Morgan fingerprint density at radius 1 is 1.00 bits per heavy atom. The minimum Gasteiger partial charge on any atom is -0.454 e. The van der Waals surface area contributed by atoms with Gasteiger partial charge in [-0.1, -0.05) is 55.4 Å². The number of amides is 2. The predicted molar refractivity (Wildman–Crippen MR) is 110 cm³/mol. The minimum absolute atomic E-state index is 0.122. The van der Waals surface area contributed by atoms with E-state index in [2.05, 4.69) is 10.1 Å². The van der Waals surface area contributed by atoms with Crippen LogP contribution in [0.15, 0.2) is 53.1 Å². The van der Waals surface area contributed by atoms with Gasteiger partial charge < -0.3 is 9.26 Å². The highest BCUT2D eigenvalue weighted by molar-refractivity contribution is 6.22. The van der Waals surface area contributed by atoms with Gasteiger partial charge in [-0.25, -0.2) is 4.79 Å². The first-order valence-electron chi connectivity index (χ1n) is 9.90. The van der Waals surface area contributed by atoms with Crippen LogP contribution in [-0.2, 0) is 16.1 Å². The molecule has 0 spiro atoms. The summed E-state index contributed by atoms with van der Waals surface area (Å²) in [5, 5.41) is 3.94. The molecule has 8 nitrogen and oxygen atoms in total. The SMILES string of the molecule is Cc1ccccc1-c1noc(COC(=O)C(C(C)C)N2C(=O)c3ccccc3C2=O)n1. The molecule has 0 radical (unpaired) electrons. The maximum atomic E-state index is 12.9. The molecule has 8 heteroatoms. The fourth-order valence-corrected chi connectivity index (χ4v) is 3.60. The first-order chi connectivity index (χ1) is 14.9. The average Bonchev–Trinajstić information content (AvgIpc) is 3.32. The Labute approximate surface area is 178 Å². The van der Waals surface area contributed by atoms with E-state index in [0.29, 0.717) is 5.82 Å². The normalized spacial score (nSPS) is 14.1. The summed E-state index contributed by atoms with van der Waals surface area (Å²) in [6, 6.07) is 13.0. The number of hydrogen-bond donors (Lipinski definition) is 0. The van der Waals surface area contributed by atoms with Gasteiger partial charge in [0.15, 0.2) is 6.61 Å². The Bertz CT molecular complexity index is 1130. The van der Waals surface area contributed by atoms with Crippen LogP contribution >= 0.6 is 0 Å². The number of aryl methyl sites for hydroxylation is 1. The third-order valence-electron chi connectivity index (χ3n) is 5.17. The number of carbonyl (C=O) groups excluding carboxylic acids is 3. The maximum Gasteiger partial charge on any atom is 0.330 e. The van der Waals surface area contributed by atoms with Gasteiger partial charge >= 0.3 is 5.97 Å². The number of benzene rings is 2. The number of carbonyl (C=O) groups is 3. The lowest BCUT2D eigenvalue weighted by molar-refractivity contribution is -0.152. The molecule has 1 atom stereocenters. The molecule has 31 heavy (non-hydrogen) atoms. The van der Waals surface area contributed by atoms with Gasteiger partial charge in [-0.2, -0.15) is 4.98 Å². The molecule has 158 valence electrons. The van der Waals surface area contributed by atoms with E-state index in [1.807, 2.05) is 31.2 Å². The summed E-state index contributed by atoms with van der Waals surface area (Å²) in [7, 11) is 0. The van der Waals surface area contributed by atoms with Gasteiger partial charge in [0.05, 0.1) is 11.1 Å². The third-order valence-corrected chi connectivity index (χ3v) is 5.17.